The molecule has 2 aliphatic heterocycles. The van der Waals surface area contributed by atoms with Gasteiger partial charge in [0.05, 0.1) is 0 Å². The number of hydrogen-bond donors (Lipinski definition) is 0. The van der Waals surface area contributed by atoms with Gasteiger partial charge >= 0.3 is 11.1 Å². The number of piperidine rings is 1. The van der Waals surface area contributed by atoms with Gasteiger partial charge in [-0.2, -0.15) is 5.10 Å². The molecule has 2 fully saturated rings. The SMILES string of the molecule is Cn1nc2n(c(=O)c1=O)CC1(CCN(C(=O)C3CC3)CC1)C2. The van der Waals surface area contributed by atoms with Crippen LogP contribution in [0.1, 0.15) is 31.5 Å². The lowest BCUT2D eigenvalue weighted by Gasteiger charge is -2.38. The molecule has 7 heteroatoms. The Hall–Kier alpha value is -1.92. The molecule has 1 aliphatic carbocycles. The van der Waals surface area contributed by atoms with Gasteiger partial charge in [-0.3, -0.25) is 19.0 Å². The molecule has 4 rings (SSSR count). The van der Waals surface area contributed by atoms with Crippen molar-refractivity contribution < 1.29 is 4.79 Å². The number of carbonyl (C=O) groups excluding carboxylic acids is 1. The molecule has 0 unspecified atom stereocenters. The van der Waals surface area contributed by atoms with Gasteiger partial charge in [0, 0.05) is 39.0 Å². The fourth-order valence-electron chi connectivity index (χ4n) is 3.79. The average molecular weight is 304 g/mol. The molecule has 1 spiro atoms. The Balaban J connectivity index is 1.54. The fraction of sp³-hybridized carbons (Fsp3) is 0.733. The van der Waals surface area contributed by atoms with Crippen LogP contribution in [-0.2, 0) is 24.8 Å². The zero-order valence-electron chi connectivity index (χ0n) is 12.7. The predicted octanol–water partition coefficient (Wildman–Crippen LogP) is -0.483. The predicted molar refractivity (Wildman–Crippen MR) is 78.4 cm³/mol. The van der Waals surface area contributed by atoms with Gasteiger partial charge in [-0.1, -0.05) is 0 Å². The van der Waals surface area contributed by atoms with Crippen LogP contribution >= 0.6 is 0 Å². The molecule has 0 atom stereocenters. The lowest BCUT2D eigenvalue weighted by Crippen LogP contribution is -2.45. The van der Waals surface area contributed by atoms with E-state index in [0.717, 1.165) is 49.9 Å². The first-order valence-electron chi connectivity index (χ1n) is 7.95. The second kappa shape index (κ2) is 4.54. The van der Waals surface area contributed by atoms with Gasteiger partial charge in [0.25, 0.3) is 0 Å². The van der Waals surface area contributed by atoms with Crippen LogP contribution in [0.2, 0.25) is 0 Å². The van der Waals surface area contributed by atoms with Gasteiger partial charge in [0.1, 0.15) is 5.82 Å². The smallest absolute Gasteiger partial charge is 0.332 e. The molecule has 1 amide bonds. The van der Waals surface area contributed by atoms with E-state index in [1.54, 1.807) is 4.57 Å². The number of amides is 1. The highest BCUT2D eigenvalue weighted by Crippen LogP contribution is 2.41. The summed E-state index contributed by atoms with van der Waals surface area (Å²) in [5.41, 5.74) is -1.05. The summed E-state index contributed by atoms with van der Waals surface area (Å²) in [6.45, 7) is 2.08. The molecule has 0 radical (unpaired) electrons. The minimum atomic E-state index is -0.567. The Labute approximate surface area is 127 Å². The zero-order valence-corrected chi connectivity index (χ0v) is 12.7. The molecular weight excluding hydrogens is 284 g/mol. The Morgan fingerprint density at radius 2 is 1.86 bits per heavy atom. The van der Waals surface area contributed by atoms with Crippen LogP contribution in [-0.4, -0.2) is 38.2 Å². The molecule has 1 aromatic heterocycles. The van der Waals surface area contributed by atoms with Crippen molar-refractivity contribution in [2.75, 3.05) is 13.1 Å². The highest BCUT2D eigenvalue weighted by molar-refractivity contribution is 5.81. The van der Waals surface area contributed by atoms with Crippen molar-refractivity contribution in [1.82, 2.24) is 19.2 Å². The first kappa shape index (κ1) is 13.7. The molecule has 22 heavy (non-hydrogen) atoms. The summed E-state index contributed by atoms with van der Waals surface area (Å²) < 4.78 is 2.68. The third kappa shape index (κ3) is 2.02. The molecule has 3 aliphatic rings. The van der Waals surface area contributed by atoms with Gasteiger partial charge in [-0.25, -0.2) is 4.68 Å². The average Bonchev–Trinajstić information content (AvgIpc) is 3.29. The summed E-state index contributed by atoms with van der Waals surface area (Å²) in [5.74, 6) is 1.27. The molecule has 0 N–H and O–H groups in total. The van der Waals surface area contributed by atoms with Crippen molar-refractivity contribution in [3.05, 3.63) is 26.5 Å². The maximum Gasteiger partial charge on any atom is 0.332 e. The van der Waals surface area contributed by atoms with Crippen LogP contribution < -0.4 is 11.1 Å². The van der Waals surface area contributed by atoms with E-state index in [9.17, 15) is 14.4 Å². The number of aromatic nitrogens is 3. The van der Waals surface area contributed by atoms with Gasteiger partial charge in [-0.15, -0.1) is 0 Å². The number of carbonyl (C=O) groups is 1. The van der Waals surface area contributed by atoms with E-state index in [-0.39, 0.29) is 11.3 Å². The second-order valence-electron chi connectivity index (χ2n) is 7.01. The quantitative estimate of drug-likeness (QED) is 0.656. The van der Waals surface area contributed by atoms with E-state index in [1.807, 2.05) is 4.90 Å². The number of rotatable bonds is 1. The summed E-state index contributed by atoms with van der Waals surface area (Å²) in [7, 11) is 1.52. The van der Waals surface area contributed by atoms with Crippen molar-refractivity contribution in [2.45, 2.75) is 38.6 Å². The molecular formula is C15H20N4O3. The molecule has 1 saturated carbocycles. The van der Waals surface area contributed by atoms with Crippen LogP contribution in [0.5, 0.6) is 0 Å². The molecule has 0 aromatic carbocycles. The van der Waals surface area contributed by atoms with Gasteiger partial charge in [-0.05, 0) is 31.1 Å². The van der Waals surface area contributed by atoms with E-state index < -0.39 is 11.1 Å². The second-order valence-corrected chi connectivity index (χ2v) is 7.01. The number of fused-ring (bicyclic) bond motifs is 1. The number of likely N-dealkylation sites (tertiary alicyclic amines) is 1. The van der Waals surface area contributed by atoms with Crippen molar-refractivity contribution in [1.29, 1.82) is 0 Å². The normalized spacial score (nSPS) is 22.9. The van der Waals surface area contributed by atoms with E-state index in [2.05, 4.69) is 5.10 Å². The third-order valence-electron chi connectivity index (χ3n) is 5.39. The minimum absolute atomic E-state index is 0.0136. The zero-order chi connectivity index (χ0) is 15.5. The summed E-state index contributed by atoms with van der Waals surface area (Å²) in [5, 5.41) is 4.24. The monoisotopic (exact) mass is 304 g/mol. The van der Waals surface area contributed by atoms with Crippen LogP contribution in [0.3, 0.4) is 0 Å². The van der Waals surface area contributed by atoms with Crippen molar-refractivity contribution in [3.8, 4) is 0 Å². The van der Waals surface area contributed by atoms with E-state index in [1.165, 1.54) is 7.05 Å². The molecule has 3 heterocycles. The van der Waals surface area contributed by atoms with Crippen LogP contribution in [0, 0.1) is 11.3 Å². The Bertz CT molecular complexity index is 751. The van der Waals surface area contributed by atoms with Crippen LogP contribution in [0.25, 0.3) is 0 Å². The van der Waals surface area contributed by atoms with Crippen LogP contribution in [0.4, 0.5) is 0 Å². The summed E-state index contributed by atoms with van der Waals surface area (Å²) in [6, 6.07) is 0. The highest BCUT2D eigenvalue weighted by atomic mass is 16.2. The first-order chi connectivity index (χ1) is 10.5. The summed E-state index contributed by atoms with van der Waals surface area (Å²) in [4.78, 5) is 38.0. The Kier molecular flexibility index (Phi) is 2.83. The van der Waals surface area contributed by atoms with Crippen LogP contribution in [0.15, 0.2) is 9.59 Å². The summed E-state index contributed by atoms with van der Waals surface area (Å²) in [6.07, 6.45) is 4.56. The van der Waals surface area contributed by atoms with E-state index in [0.29, 0.717) is 18.3 Å². The lowest BCUT2D eigenvalue weighted by atomic mass is 9.77. The van der Waals surface area contributed by atoms with E-state index in [4.69, 9.17) is 0 Å². The topological polar surface area (TPSA) is 77.2 Å². The van der Waals surface area contributed by atoms with Crippen molar-refractivity contribution in [2.24, 2.45) is 18.4 Å². The maximum absolute atomic E-state index is 12.1. The van der Waals surface area contributed by atoms with Crippen molar-refractivity contribution in [3.63, 3.8) is 0 Å². The van der Waals surface area contributed by atoms with Gasteiger partial charge < -0.3 is 4.90 Å². The fourth-order valence-corrected chi connectivity index (χ4v) is 3.79. The van der Waals surface area contributed by atoms with Gasteiger partial charge in [0.2, 0.25) is 5.91 Å². The summed E-state index contributed by atoms with van der Waals surface area (Å²) >= 11 is 0. The minimum Gasteiger partial charge on any atom is -0.342 e. The standard InChI is InChI=1S/C15H20N4O3/c1-17-13(21)14(22)19-9-15(8-11(19)16-17)4-6-18(7-5-15)12(20)10-2-3-10/h10H,2-9H2,1H3. The Morgan fingerprint density at radius 1 is 1.18 bits per heavy atom. The Morgan fingerprint density at radius 3 is 2.50 bits per heavy atom. The number of hydrogen-bond acceptors (Lipinski definition) is 4. The molecule has 1 saturated heterocycles. The number of aryl methyl sites for hydroxylation is 1. The third-order valence-corrected chi connectivity index (χ3v) is 5.39. The molecule has 118 valence electrons. The highest BCUT2D eigenvalue weighted by Gasteiger charge is 2.44. The molecule has 1 aromatic rings. The van der Waals surface area contributed by atoms with E-state index >= 15 is 0 Å². The molecule has 7 nitrogen and oxygen atoms in total. The largest absolute Gasteiger partial charge is 0.342 e. The van der Waals surface area contributed by atoms with Crippen molar-refractivity contribution >= 4 is 5.91 Å². The number of nitrogens with zero attached hydrogens (tertiary/aromatic N) is 4. The first-order valence-corrected chi connectivity index (χ1v) is 7.95. The lowest BCUT2D eigenvalue weighted by molar-refractivity contribution is -0.134. The van der Waals surface area contributed by atoms with Gasteiger partial charge in [0.15, 0.2) is 0 Å². The molecule has 0 bridgehead atoms. The maximum atomic E-state index is 12.1.